The first kappa shape index (κ1) is 19.3. The molecule has 0 N–H and O–H groups in total. The molecule has 3 aromatic heterocycles. The second kappa shape index (κ2) is 8.36. The number of aryl methyl sites for hydroxylation is 2. The van der Waals surface area contributed by atoms with E-state index in [4.69, 9.17) is 29.0 Å². The SMILES string of the molecule is [2H]C1([2H])CC(c2nc(-c3ccc(Cl)cc3F)c3nc(C)c(C)nc3n2)CC(c2cnn(C3CC3)c2)O1. The van der Waals surface area contributed by atoms with Crippen LogP contribution >= 0.6 is 11.6 Å². The maximum atomic E-state index is 15.0. The van der Waals surface area contributed by atoms with Crippen LogP contribution < -0.4 is 0 Å². The summed E-state index contributed by atoms with van der Waals surface area (Å²) in [5.74, 6) is -0.526. The van der Waals surface area contributed by atoms with Crippen molar-refractivity contribution in [3.8, 4) is 11.3 Å². The van der Waals surface area contributed by atoms with Crippen LogP contribution in [0.4, 0.5) is 4.39 Å². The summed E-state index contributed by atoms with van der Waals surface area (Å²) in [6.07, 6.45) is 5.90. The Morgan fingerprint density at radius 1 is 1.12 bits per heavy atom. The monoisotopic (exact) mass is 480 g/mol. The molecule has 6 rings (SSSR count). The van der Waals surface area contributed by atoms with Gasteiger partial charge in [0, 0.05) is 34.8 Å². The van der Waals surface area contributed by atoms with Gasteiger partial charge in [-0.05, 0) is 57.7 Å². The largest absolute Gasteiger partial charge is 0.373 e. The predicted octanol–water partition coefficient (Wildman–Crippen LogP) is 5.66. The summed E-state index contributed by atoms with van der Waals surface area (Å²) in [6, 6.07) is 4.82. The molecule has 0 spiro atoms. The van der Waals surface area contributed by atoms with Crippen LogP contribution in [0.5, 0.6) is 0 Å². The summed E-state index contributed by atoms with van der Waals surface area (Å²) in [4.78, 5) is 18.7. The summed E-state index contributed by atoms with van der Waals surface area (Å²) in [5, 5.41) is 4.72. The molecule has 0 radical (unpaired) electrons. The Bertz CT molecular complexity index is 1490. The van der Waals surface area contributed by atoms with Crippen LogP contribution in [0.15, 0.2) is 30.6 Å². The quantitative estimate of drug-likeness (QED) is 0.375. The van der Waals surface area contributed by atoms with Crippen LogP contribution in [0.1, 0.15) is 69.3 Å². The number of benzene rings is 1. The topological polar surface area (TPSA) is 78.6 Å². The molecule has 2 fully saturated rings. The number of aromatic nitrogens is 6. The summed E-state index contributed by atoms with van der Waals surface area (Å²) < 4.78 is 39.7. The lowest BCUT2D eigenvalue weighted by Gasteiger charge is -2.28. The Kier molecular flexibility index (Phi) is 4.76. The van der Waals surface area contributed by atoms with Gasteiger partial charge in [-0.3, -0.25) is 4.68 Å². The average molecular weight is 481 g/mol. The van der Waals surface area contributed by atoms with Gasteiger partial charge in [0.25, 0.3) is 0 Å². The molecule has 0 amide bonds. The van der Waals surface area contributed by atoms with Gasteiger partial charge in [0.2, 0.25) is 0 Å². The normalized spacial score (nSPS) is 23.1. The number of hydrogen-bond donors (Lipinski definition) is 0. The Balaban J connectivity index is 1.45. The van der Waals surface area contributed by atoms with Crippen molar-refractivity contribution in [2.24, 2.45) is 0 Å². The lowest BCUT2D eigenvalue weighted by atomic mass is 9.92. The minimum atomic E-state index is -1.89. The Morgan fingerprint density at radius 3 is 2.74 bits per heavy atom. The van der Waals surface area contributed by atoms with E-state index < -0.39 is 18.5 Å². The molecule has 1 saturated carbocycles. The summed E-state index contributed by atoms with van der Waals surface area (Å²) >= 11 is 5.99. The van der Waals surface area contributed by atoms with Gasteiger partial charge < -0.3 is 4.74 Å². The molecule has 1 saturated heterocycles. The first-order chi connectivity index (χ1) is 17.2. The van der Waals surface area contributed by atoms with Crippen LogP contribution in [-0.4, -0.2) is 36.3 Å². The summed E-state index contributed by atoms with van der Waals surface area (Å²) in [6.45, 7) is 1.78. The standard InChI is InChI=1S/C25H24ClFN6O/c1-13-14(2)30-25-23(29-13)22(19-6-3-17(26)10-20(19)27)31-24(32-25)15-7-8-34-21(9-15)16-11-28-33(12-16)18-4-5-18/h3,6,10-12,15,18,21H,4-5,7-9H2,1-2H3/i8D2. The fourth-order valence-electron chi connectivity index (χ4n) is 4.28. The number of hydrogen-bond acceptors (Lipinski definition) is 6. The van der Waals surface area contributed by atoms with E-state index in [-0.39, 0.29) is 22.9 Å². The van der Waals surface area contributed by atoms with Gasteiger partial charge in [-0.2, -0.15) is 5.10 Å². The van der Waals surface area contributed by atoms with Gasteiger partial charge in [-0.15, -0.1) is 0 Å². The van der Waals surface area contributed by atoms with Gasteiger partial charge in [0.1, 0.15) is 22.9 Å². The number of halogens is 2. The lowest BCUT2D eigenvalue weighted by molar-refractivity contribution is 0.00396. The van der Waals surface area contributed by atoms with Crippen molar-refractivity contribution in [3.63, 3.8) is 0 Å². The second-order valence-corrected chi connectivity index (χ2v) is 9.43. The molecule has 174 valence electrons. The zero-order valence-corrected chi connectivity index (χ0v) is 19.6. The third-order valence-corrected chi connectivity index (χ3v) is 6.71. The van der Waals surface area contributed by atoms with Crippen molar-refractivity contribution in [1.82, 2.24) is 29.7 Å². The molecule has 7 nitrogen and oxygen atoms in total. The lowest BCUT2D eigenvalue weighted by Crippen LogP contribution is -2.20. The molecule has 4 aromatic rings. The van der Waals surface area contributed by atoms with Crippen molar-refractivity contribution < 1.29 is 11.9 Å². The molecule has 4 heterocycles. The van der Waals surface area contributed by atoms with Gasteiger partial charge >= 0.3 is 0 Å². The Morgan fingerprint density at radius 2 is 1.94 bits per heavy atom. The first-order valence-electron chi connectivity index (χ1n) is 12.4. The molecule has 1 aromatic carbocycles. The number of ether oxygens (including phenoxy) is 1. The minimum absolute atomic E-state index is 0.0621. The van der Waals surface area contributed by atoms with E-state index in [9.17, 15) is 0 Å². The van der Waals surface area contributed by atoms with Gasteiger partial charge in [-0.25, -0.2) is 24.3 Å². The molecule has 1 aliphatic carbocycles. The molecule has 0 bridgehead atoms. The van der Waals surface area contributed by atoms with Gasteiger partial charge in [0.05, 0.1) is 32.5 Å². The van der Waals surface area contributed by atoms with Gasteiger partial charge in [0.15, 0.2) is 5.65 Å². The number of fused-ring (bicyclic) bond motifs is 1. The maximum Gasteiger partial charge on any atom is 0.182 e. The molecule has 2 unspecified atom stereocenters. The zero-order chi connectivity index (χ0) is 25.2. The average Bonchev–Trinajstić information content (AvgIpc) is 3.55. The third-order valence-electron chi connectivity index (χ3n) is 6.48. The van der Waals surface area contributed by atoms with Crippen molar-refractivity contribution in [2.75, 3.05) is 6.56 Å². The Labute approximate surface area is 204 Å². The summed E-state index contributed by atoms with van der Waals surface area (Å²) in [5.41, 5.74) is 3.52. The molecule has 2 aliphatic rings. The number of nitrogens with zero attached hydrogens (tertiary/aromatic N) is 6. The smallest absolute Gasteiger partial charge is 0.182 e. The summed E-state index contributed by atoms with van der Waals surface area (Å²) in [7, 11) is 0. The van der Waals surface area contributed by atoms with Crippen molar-refractivity contribution in [1.29, 1.82) is 0 Å². The molecule has 2 atom stereocenters. The zero-order valence-electron chi connectivity index (χ0n) is 20.8. The number of rotatable bonds is 4. The highest BCUT2D eigenvalue weighted by atomic mass is 35.5. The molecule has 1 aliphatic heterocycles. The van der Waals surface area contributed by atoms with E-state index in [2.05, 4.69) is 15.1 Å². The molecule has 9 heteroatoms. The highest BCUT2D eigenvalue weighted by molar-refractivity contribution is 6.30. The van der Waals surface area contributed by atoms with Crippen molar-refractivity contribution >= 4 is 22.8 Å². The van der Waals surface area contributed by atoms with Crippen molar-refractivity contribution in [3.05, 3.63) is 64.2 Å². The van der Waals surface area contributed by atoms with Crippen LogP contribution in [0.2, 0.25) is 5.02 Å². The van der Waals surface area contributed by atoms with Crippen LogP contribution in [0, 0.1) is 19.7 Å². The fraction of sp³-hybridized carbons (Fsp3) is 0.400. The highest BCUT2D eigenvalue weighted by Gasteiger charge is 2.31. The first-order valence-corrected chi connectivity index (χ1v) is 11.7. The van der Waals surface area contributed by atoms with Crippen LogP contribution in [0.25, 0.3) is 22.4 Å². The van der Waals surface area contributed by atoms with E-state index in [1.165, 1.54) is 6.07 Å². The highest BCUT2D eigenvalue weighted by Crippen LogP contribution is 2.40. The fourth-order valence-corrected chi connectivity index (χ4v) is 4.44. The molecule has 34 heavy (non-hydrogen) atoms. The van der Waals surface area contributed by atoms with Crippen LogP contribution in [0.3, 0.4) is 0 Å². The van der Waals surface area contributed by atoms with E-state index in [1.54, 1.807) is 18.3 Å². The minimum Gasteiger partial charge on any atom is -0.373 e. The van der Waals surface area contributed by atoms with Crippen molar-refractivity contribution in [2.45, 2.75) is 57.6 Å². The molecular weight excluding hydrogens is 455 g/mol. The van der Waals surface area contributed by atoms with Crippen LogP contribution in [-0.2, 0) is 4.74 Å². The maximum absolute atomic E-state index is 15.0. The van der Waals surface area contributed by atoms with E-state index in [0.29, 0.717) is 46.5 Å². The van der Waals surface area contributed by atoms with E-state index >= 15 is 4.39 Å². The molecular formula is C25H24ClFN6O. The van der Waals surface area contributed by atoms with Gasteiger partial charge in [-0.1, -0.05) is 11.6 Å². The Hall–Kier alpha value is -2.97. The van der Waals surface area contributed by atoms with E-state index in [1.807, 2.05) is 24.7 Å². The predicted molar refractivity (Wildman–Crippen MR) is 126 cm³/mol. The second-order valence-electron chi connectivity index (χ2n) is 8.99. The van der Waals surface area contributed by atoms with E-state index in [0.717, 1.165) is 18.4 Å². The third kappa shape index (κ3) is 3.95.